The van der Waals surface area contributed by atoms with Crippen LogP contribution in [0.4, 0.5) is 4.39 Å². The lowest BCUT2D eigenvalue weighted by atomic mass is 9.36. The van der Waals surface area contributed by atoms with Crippen LogP contribution in [0, 0.1) is 43.8 Å². The van der Waals surface area contributed by atoms with Gasteiger partial charge in [0, 0.05) is 0 Å². The molecule has 0 aromatic heterocycles. The van der Waals surface area contributed by atoms with Crippen molar-refractivity contribution in [1.82, 2.24) is 0 Å². The van der Waals surface area contributed by atoms with Gasteiger partial charge in [0.15, 0.2) is 0 Å². The highest BCUT2D eigenvalue weighted by Crippen LogP contribution is 2.74. The van der Waals surface area contributed by atoms with Crippen LogP contribution in [0.15, 0.2) is 0 Å². The first-order valence-corrected chi connectivity index (χ1v) is 12.3. The van der Waals surface area contributed by atoms with E-state index in [1.807, 2.05) is 0 Å². The molecule has 0 aromatic rings. The van der Waals surface area contributed by atoms with E-state index in [2.05, 4.69) is 41.5 Å². The molecule has 0 aromatic carbocycles. The van der Waals surface area contributed by atoms with Gasteiger partial charge in [0.1, 0.15) is 0 Å². The Hall–Kier alpha value is -0.400. The Kier molecular flexibility index (Phi) is 3.89. The number of carbonyl (C=O) groups excluding carboxylic acids is 1. The van der Waals surface area contributed by atoms with Gasteiger partial charge >= 0.3 is 6.04 Å². The summed E-state index contributed by atoms with van der Waals surface area (Å²) in [4.78, 5) is 11.5. The first-order valence-electron chi connectivity index (χ1n) is 12.3. The van der Waals surface area contributed by atoms with Crippen LogP contribution in [0.1, 0.15) is 119 Å². The van der Waals surface area contributed by atoms with E-state index in [-0.39, 0.29) is 16.2 Å². The Morgan fingerprint density at radius 2 is 0.828 bits per heavy atom. The molecule has 0 atom stereocenters. The van der Waals surface area contributed by atoms with Crippen molar-refractivity contribution in [2.45, 2.75) is 119 Å². The fourth-order valence-electron chi connectivity index (χ4n) is 12.5. The van der Waals surface area contributed by atoms with Gasteiger partial charge in [0.25, 0.3) is 0 Å². The molecule has 8 aliphatic carbocycles. The van der Waals surface area contributed by atoms with Crippen molar-refractivity contribution >= 4 is 6.04 Å². The minimum Gasteiger partial charge on any atom is -0.261 e. The molecule has 0 saturated heterocycles. The topological polar surface area (TPSA) is 17.1 Å². The number of rotatable bonds is 1. The Bertz CT molecular complexity index is 647. The molecule has 0 unspecified atom stereocenters. The molecule has 2 heteroatoms. The Balaban J connectivity index is 0.000000128. The summed E-state index contributed by atoms with van der Waals surface area (Å²) < 4.78 is 13.5. The van der Waals surface area contributed by atoms with Gasteiger partial charge in [0.05, 0.1) is 5.41 Å². The Labute approximate surface area is 178 Å². The second kappa shape index (κ2) is 5.50. The lowest BCUT2D eigenvalue weighted by Gasteiger charge is -2.67. The zero-order valence-corrected chi connectivity index (χ0v) is 19.8. The van der Waals surface area contributed by atoms with Crippen LogP contribution in [0.2, 0.25) is 0 Å². The quantitative estimate of drug-likeness (QED) is 0.408. The zero-order chi connectivity index (χ0) is 21.1. The van der Waals surface area contributed by atoms with Crippen LogP contribution < -0.4 is 0 Å². The largest absolute Gasteiger partial charge is 0.307 e. The summed E-state index contributed by atoms with van der Waals surface area (Å²) in [7, 11) is 0. The maximum atomic E-state index is 13.5. The van der Waals surface area contributed by atoms with Crippen LogP contribution in [-0.2, 0) is 4.79 Å². The van der Waals surface area contributed by atoms with Gasteiger partial charge in [-0.3, -0.25) is 4.79 Å². The van der Waals surface area contributed by atoms with Crippen LogP contribution in [-0.4, -0.2) is 6.04 Å². The van der Waals surface area contributed by atoms with E-state index in [0.717, 1.165) is 41.4 Å². The van der Waals surface area contributed by atoms with Crippen LogP contribution in [0.5, 0.6) is 0 Å². The highest BCUT2D eigenvalue weighted by Gasteiger charge is 2.66. The van der Waals surface area contributed by atoms with Crippen molar-refractivity contribution in [3.63, 3.8) is 0 Å². The summed E-state index contributed by atoms with van der Waals surface area (Å²) in [5.41, 5.74) is 2.18. The molecule has 164 valence electrons. The molecule has 29 heavy (non-hydrogen) atoms. The van der Waals surface area contributed by atoms with Crippen molar-refractivity contribution in [3.05, 3.63) is 0 Å². The van der Waals surface area contributed by atoms with Crippen LogP contribution >= 0.6 is 0 Å². The average molecular weight is 403 g/mol. The molecule has 0 aliphatic heterocycles. The van der Waals surface area contributed by atoms with Crippen LogP contribution in [0.25, 0.3) is 0 Å². The summed E-state index contributed by atoms with van der Waals surface area (Å²) in [6, 6.07) is -1.03. The number of halogens is 1. The van der Waals surface area contributed by atoms with Crippen LogP contribution in [0.3, 0.4) is 0 Å². The summed E-state index contributed by atoms with van der Waals surface area (Å²) in [6.07, 6.45) is 15.1. The van der Waals surface area contributed by atoms with Gasteiger partial charge < -0.3 is 0 Å². The first kappa shape index (κ1) is 20.5. The highest BCUT2D eigenvalue weighted by atomic mass is 19.1. The third-order valence-electron chi connectivity index (χ3n) is 10.2. The Morgan fingerprint density at radius 1 is 0.552 bits per heavy atom. The lowest BCUT2D eigenvalue weighted by Crippen LogP contribution is -2.60. The van der Waals surface area contributed by atoms with E-state index in [1.54, 1.807) is 0 Å². The molecule has 0 spiro atoms. The van der Waals surface area contributed by atoms with Crippen molar-refractivity contribution in [2.75, 3.05) is 0 Å². The molecular weight excluding hydrogens is 359 g/mol. The van der Waals surface area contributed by atoms with Crippen molar-refractivity contribution in [1.29, 1.82) is 0 Å². The molecule has 8 saturated carbocycles. The minimum absolute atomic E-state index is 0.208. The van der Waals surface area contributed by atoms with Crippen molar-refractivity contribution in [3.8, 4) is 0 Å². The van der Waals surface area contributed by atoms with Gasteiger partial charge in [-0.2, -0.15) is 4.39 Å². The number of carbonyl (C=O) groups is 1. The lowest BCUT2D eigenvalue weighted by molar-refractivity contribution is -0.198. The molecule has 0 N–H and O–H groups in total. The van der Waals surface area contributed by atoms with Gasteiger partial charge in [0.2, 0.25) is 0 Å². The molecule has 0 radical (unpaired) electrons. The number of hydrogen-bond acceptors (Lipinski definition) is 1. The van der Waals surface area contributed by atoms with E-state index in [9.17, 15) is 9.18 Å². The minimum atomic E-state index is -1.03. The fourth-order valence-corrected chi connectivity index (χ4v) is 12.5. The molecule has 0 heterocycles. The standard InChI is InChI=1S/C14H21FO.C13H22/c1-11-4-12(2)6-13(3,5-11)9-14(7-11,8-12)10(15)16;1-11-4-10-5-12(2,7-11)9-13(3,6-10)8-11/h4-9H2,1-3H3;10H,4-9H2,1-3H3. The summed E-state index contributed by atoms with van der Waals surface area (Å²) in [5, 5.41) is 0. The molecule has 8 rings (SSSR count). The van der Waals surface area contributed by atoms with E-state index in [0.29, 0.717) is 0 Å². The molecule has 1 nitrogen and oxygen atoms in total. The maximum absolute atomic E-state index is 13.5. The normalized spacial score (nSPS) is 61.4. The van der Waals surface area contributed by atoms with E-state index >= 15 is 0 Å². The maximum Gasteiger partial charge on any atom is 0.307 e. The monoisotopic (exact) mass is 402 g/mol. The zero-order valence-electron chi connectivity index (χ0n) is 19.8. The van der Waals surface area contributed by atoms with E-state index in [1.165, 1.54) is 57.8 Å². The molecule has 0 amide bonds. The third kappa shape index (κ3) is 3.25. The second-order valence-corrected chi connectivity index (χ2v) is 15.5. The van der Waals surface area contributed by atoms with Gasteiger partial charge in [-0.1, -0.05) is 41.5 Å². The highest BCUT2D eigenvalue weighted by molar-refractivity contribution is 5.76. The average Bonchev–Trinajstić information content (AvgIpc) is 2.36. The van der Waals surface area contributed by atoms with Gasteiger partial charge in [-0.05, 0) is 115 Å². The van der Waals surface area contributed by atoms with E-state index < -0.39 is 11.5 Å². The second-order valence-electron chi connectivity index (χ2n) is 15.5. The predicted octanol–water partition coefficient (Wildman–Crippen LogP) is 7.87. The molecule has 8 fully saturated rings. The van der Waals surface area contributed by atoms with Crippen molar-refractivity contribution < 1.29 is 9.18 Å². The van der Waals surface area contributed by atoms with E-state index in [4.69, 9.17) is 0 Å². The fraction of sp³-hybridized carbons (Fsp3) is 0.963. The predicted molar refractivity (Wildman–Crippen MR) is 116 cm³/mol. The SMILES string of the molecule is CC12CC3(C)CC(C)(C1)CC(C(=O)F)(C2)C3.CC12CC3CC(C)(C1)CC(C)(C3)C2. The first-order chi connectivity index (χ1) is 13.1. The third-order valence-corrected chi connectivity index (χ3v) is 10.2. The summed E-state index contributed by atoms with van der Waals surface area (Å²) in [5.74, 6) is 1.08. The van der Waals surface area contributed by atoms with Crippen molar-refractivity contribution in [2.24, 2.45) is 43.8 Å². The summed E-state index contributed by atoms with van der Waals surface area (Å²) >= 11 is 0. The van der Waals surface area contributed by atoms with Gasteiger partial charge in [-0.25, -0.2) is 0 Å². The smallest absolute Gasteiger partial charge is 0.261 e. The Morgan fingerprint density at radius 3 is 1.07 bits per heavy atom. The molecule has 8 bridgehead atoms. The molecule has 8 aliphatic rings. The summed E-state index contributed by atoms with van der Waals surface area (Å²) in [6.45, 7) is 14.4. The number of hydrogen-bond donors (Lipinski definition) is 0. The van der Waals surface area contributed by atoms with Gasteiger partial charge in [-0.15, -0.1) is 0 Å². The molecular formula is C27H43FO.